The zero-order valence-electron chi connectivity index (χ0n) is 12.9. The number of carbonyl (C=O) groups is 3. The molecule has 0 radical (unpaired) electrons. The molecule has 0 heterocycles. The molecule has 0 spiro atoms. The largest absolute Gasteiger partial charge is 0.452 e. The van der Waals surface area contributed by atoms with Gasteiger partial charge in [0.2, 0.25) is 0 Å². The summed E-state index contributed by atoms with van der Waals surface area (Å²) in [6.07, 6.45) is 4.91. The Kier molecular flexibility index (Phi) is 6.22. The first kappa shape index (κ1) is 17.8. The van der Waals surface area contributed by atoms with Gasteiger partial charge >= 0.3 is 12.0 Å². The summed E-state index contributed by atoms with van der Waals surface area (Å²) >= 11 is 0. The van der Waals surface area contributed by atoms with Crippen LogP contribution in [0, 0.1) is 11.6 Å². The van der Waals surface area contributed by atoms with Crippen LogP contribution < -0.4 is 10.6 Å². The van der Waals surface area contributed by atoms with E-state index in [1.165, 1.54) is 0 Å². The Balaban J connectivity index is 1.75. The molecule has 3 amide bonds. The maximum atomic E-state index is 13.4. The van der Waals surface area contributed by atoms with E-state index in [-0.39, 0.29) is 6.04 Å². The van der Waals surface area contributed by atoms with E-state index >= 15 is 0 Å². The van der Waals surface area contributed by atoms with Crippen molar-refractivity contribution in [3.8, 4) is 0 Å². The third-order valence-corrected chi connectivity index (χ3v) is 3.68. The molecule has 24 heavy (non-hydrogen) atoms. The molecule has 1 aliphatic carbocycles. The molecule has 1 aliphatic rings. The minimum atomic E-state index is -1.12. The quantitative estimate of drug-likeness (QED) is 0.824. The second kappa shape index (κ2) is 8.37. The number of ether oxygens (including phenoxy) is 1. The summed E-state index contributed by atoms with van der Waals surface area (Å²) in [7, 11) is 0. The molecule has 0 aliphatic heterocycles. The smallest absolute Gasteiger partial charge is 0.341 e. The lowest BCUT2D eigenvalue weighted by molar-refractivity contribution is -0.123. The van der Waals surface area contributed by atoms with Crippen molar-refractivity contribution in [2.24, 2.45) is 0 Å². The van der Waals surface area contributed by atoms with Crippen LogP contribution in [0.15, 0.2) is 18.2 Å². The van der Waals surface area contributed by atoms with Crippen molar-refractivity contribution >= 4 is 17.9 Å². The number of carbonyl (C=O) groups excluding carboxylic acids is 3. The highest BCUT2D eigenvalue weighted by molar-refractivity contribution is 5.97. The van der Waals surface area contributed by atoms with Gasteiger partial charge in [-0.05, 0) is 25.0 Å². The molecule has 2 rings (SSSR count). The van der Waals surface area contributed by atoms with Gasteiger partial charge in [-0.15, -0.1) is 0 Å². The molecule has 0 saturated heterocycles. The number of hydrogen-bond donors (Lipinski definition) is 2. The van der Waals surface area contributed by atoms with Crippen molar-refractivity contribution in [1.29, 1.82) is 0 Å². The zero-order valence-corrected chi connectivity index (χ0v) is 12.9. The fraction of sp³-hybridized carbons (Fsp3) is 0.438. The lowest BCUT2D eigenvalue weighted by Gasteiger charge is -2.22. The van der Waals surface area contributed by atoms with Gasteiger partial charge in [0.25, 0.3) is 5.91 Å². The summed E-state index contributed by atoms with van der Waals surface area (Å²) < 4.78 is 30.8. The summed E-state index contributed by atoms with van der Waals surface area (Å²) in [5, 5.41) is 4.71. The molecule has 0 bridgehead atoms. The molecular formula is C16H18F2N2O4. The minimum Gasteiger partial charge on any atom is -0.452 e. The van der Waals surface area contributed by atoms with Gasteiger partial charge in [-0.2, -0.15) is 0 Å². The Morgan fingerprint density at radius 1 is 1.12 bits per heavy atom. The summed E-state index contributed by atoms with van der Waals surface area (Å²) in [6, 6.07) is 1.73. The highest BCUT2D eigenvalue weighted by atomic mass is 19.1. The van der Waals surface area contributed by atoms with Crippen molar-refractivity contribution in [2.45, 2.75) is 38.1 Å². The molecule has 1 aromatic rings. The molecule has 0 atom stereocenters. The third kappa shape index (κ3) is 5.29. The molecule has 2 N–H and O–H groups in total. The summed E-state index contributed by atoms with van der Waals surface area (Å²) in [6.45, 7) is -0.742. The summed E-state index contributed by atoms with van der Waals surface area (Å²) in [5.41, 5.74) is -0.490. The first-order valence-corrected chi connectivity index (χ1v) is 7.68. The number of imide groups is 1. The van der Waals surface area contributed by atoms with Crippen molar-refractivity contribution in [3.63, 3.8) is 0 Å². The van der Waals surface area contributed by atoms with Gasteiger partial charge < -0.3 is 10.1 Å². The van der Waals surface area contributed by atoms with Crippen LogP contribution in [-0.4, -0.2) is 30.6 Å². The van der Waals surface area contributed by atoms with E-state index < -0.39 is 41.7 Å². The normalized spacial score (nSPS) is 14.8. The second-order valence-corrected chi connectivity index (χ2v) is 5.56. The second-order valence-electron chi connectivity index (χ2n) is 5.56. The van der Waals surface area contributed by atoms with E-state index in [9.17, 15) is 23.2 Å². The topological polar surface area (TPSA) is 84.5 Å². The number of benzene rings is 1. The first-order chi connectivity index (χ1) is 11.5. The molecule has 8 heteroatoms. The predicted octanol–water partition coefficient (Wildman–Crippen LogP) is 2.28. The van der Waals surface area contributed by atoms with Crippen molar-refractivity contribution in [2.75, 3.05) is 6.61 Å². The predicted molar refractivity (Wildman–Crippen MR) is 80.2 cm³/mol. The number of rotatable bonds is 4. The van der Waals surface area contributed by atoms with E-state index in [4.69, 9.17) is 0 Å². The third-order valence-electron chi connectivity index (χ3n) is 3.68. The monoisotopic (exact) mass is 340 g/mol. The van der Waals surface area contributed by atoms with E-state index in [1.807, 2.05) is 5.32 Å². The number of amides is 3. The van der Waals surface area contributed by atoms with E-state index in [1.54, 1.807) is 0 Å². The lowest BCUT2D eigenvalue weighted by Crippen LogP contribution is -2.46. The van der Waals surface area contributed by atoms with Crippen molar-refractivity contribution in [1.82, 2.24) is 10.6 Å². The van der Waals surface area contributed by atoms with Gasteiger partial charge in [0.15, 0.2) is 6.61 Å². The number of nitrogens with one attached hydrogen (secondary N) is 2. The van der Waals surface area contributed by atoms with Crippen LogP contribution in [0.1, 0.15) is 42.5 Å². The van der Waals surface area contributed by atoms with Crippen molar-refractivity contribution < 1.29 is 27.9 Å². The highest BCUT2D eigenvalue weighted by Crippen LogP contribution is 2.17. The highest BCUT2D eigenvalue weighted by Gasteiger charge is 2.19. The van der Waals surface area contributed by atoms with Crippen LogP contribution in [0.25, 0.3) is 0 Å². The molecule has 0 aromatic heterocycles. The first-order valence-electron chi connectivity index (χ1n) is 7.68. The fourth-order valence-corrected chi connectivity index (χ4v) is 2.49. The number of urea groups is 1. The van der Waals surface area contributed by atoms with Crippen LogP contribution in [0.4, 0.5) is 13.6 Å². The Bertz CT molecular complexity index is 631. The fourth-order valence-electron chi connectivity index (χ4n) is 2.49. The Hall–Kier alpha value is -2.51. The molecular weight excluding hydrogens is 322 g/mol. The average Bonchev–Trinajstić information content (AvgIpc) is 2.53. The van der Waals surface area contributed by atoms with Gasteiger partial charge in [0, 0.05) is 12.1 Å². The van der Waals surface area contributed by atoms with Crippen LogP contribution >= 0.6 is 0 Å². The maximum Gasteiger partial charge on any atom is 0.341 e. The van der Waals surface area contributed by atoms with Crippen LogP contribution in [-0.2, 0) is 9.53 Å². The number of hydrogen-bond acceptors (Lipinski definition) is 4. The Morgan fingerprint density at radius 3 is 2.50 bits per heavy atom. The molecule has 6 nitrogen and oxygen atoms in total. The molecule has 1 aromatic carbocycles. The number of halogens is 2. The average molecular weight is 340 g/mol. The molecule has 1 fully saturated rings. The molecule has 130 valence electrons. The Morgan fingerprint density at radius 2 is 1.83 bits per heavy atom. The molecule has 0 unspecified atom stereocenters. The summed E-state index contributed by atoms with van der Waals surface area (Å²) in [4.78, 5) is 34.8. The number of esters is 1. The van der Waals surface area contributed by atoms with Gasteiger partial charge in [-0.25, -0.2) is 18.4 Å². The van der Waals surface area contributed by atoms with Gasteiger partial charge in [-0.3, -0.25) is 10.1 Å². The van der Waals surface area contributed by atoms with Crippen molar-refractivity contribution in [3.05, 3.63) is 35.4 Å². The van der Waals surface area contributed by atoms with Crippen LogP contribution in [0.2, 0.25) is 0 Å². The maximum absolute atomic E-state index is 13.4. The zero-order chi connectivity index (χ0) is 17.5. The Labute approximate surface area is 137 Å². The lowest BCUT2D eigenvalue weighted by atomic mass is 9.96. The summed E-state index contributed by atoms with van der Waals surface area (Å²) in [5.74, 6) is -3.87. The van der Waals surface area contributed by atoms with Crippen LogP contribution in [0.5, 0.6) is 0 Å². The van der Waals surface area contributed by atoms with Gasteiger partial charge in [0.1, 0.15) is 11.6 Å². The van der Waals surface area contributed by atoms with Gasteiger partial charge in [-0.1, -0.05) is 19.3 Å². The van der Waals surface area contributed by atoms with Gasteiger partial charge in [0.05, 0.1) is 5.56 Å². The van der Waals surface area contributed by atoms with E-state index in [0.29, 0.717) is 6.07 Å². The van der Waals surface area contributed by atoms with E-state index in [2.05, 4.69) is 10.1 Å². The van der Waals surface area contributed by atoms with E-state index in [0.717, 1.165) is 44.2 Å². The minimum absolute atomic E-state index is 0.0300. The molecule has 1 saturated carbocycles. The SMILES string of the molecule is O=C(COC(=O)c1ccc(F)cc1F)NC(=O)NC1CCCCC1. The standard InChI is InChI=1S/C16H18F2N2O4/c17-10-6-7-12(13(18)8-10)15(22)24-9-14(21)20-16(23)19-11-4-2-1-3-5-11/h6-8,11H,1-5,9H2,(H2,19,20,21,23). The van der Waals surface area contributed by atoms with Crippen LogP contribution in [0.3, 0.4) is 0 Å².